The molecule has 1 aliphatic rings. The highest BCUT2D eigenvalue weighted by molar-refractivity contribution is 5.13. The molecule has 94 valence electrons. The average Bonchev–Trinajstić information content (AvgIpc) is 2.40. The number of rotatable bonds is 4. The summed E-state index contributed by atoms with van der Waals surface area (Å²) in [5.74, 6) is 0. The second-order valence-electron chi connectivity index (χ2n) is 4.88. The van der Waals surface area contributed by atoms with Crippen molar-refractivity contribution in [1.82, 2.24) is 15.2 Å². The van der Waals surface area contributed by atoms with Crippen molar-refractivity contribution in [3.63, 3.8) is 0 Å². The van der Waals surface area contributed by atoms with Crippen LogP contribution in [0.15, 0.2) is 24.5 Å². The monoisotopic (exact) mass is 233 g/mol. The molecule has 3 nitrogen and oxygen atoms in total. The molecule has 2 rings (SSSR count). The van der Waals surface area contributed by atoms with Gasteiger partial charge in [-0.15, -0.1) is 0 Å². The third kappa shape index (κ3) is 3.51. The van der Waals surface area contributed by atoms with Crippen molar-refractivity contribution in [2.75, 3.05) is 19.6 Å². The van der Waals surface area contributed by atoms with Gasteiger partial charge in [-0.25, -0.2) is 0 Å². The van der Waals surface area contributed by atoms with Gasteiger partial charge < -0.3 is 10.2 Å². The number of nitrogens with zero attached hydrogens (tertiary/aromatic N) is 2. The molecule has 0 aliphatic carbocycles. The largest absolute Gasteiger partial charge is 0.307 e. The van der Waals surface area contributed by atoms with Crippen LogP contribution in [0.5, 0.6) is 0 Å². The fourth-order valence-corrected chi connectivity index (χ4v) is 2.50. The van der Waals surface area contributed by atoms with Crippen molar-refractivity contribution < 1.29 is 0 Å². The summed E-state index contributed by atoms with van der Waals surface area (Å²) >= 11 is 0. The van der Waals surface area contributed by atoms with Gasteiger partial charge in [0.15, 0.2) is 0 Å². The van der Waals surface area contributed by atoms with Crippen LogP contribution in [0.4, 0.5) is 0 Å². The molecule has 0 amide bonds. The van der Waals surface area contributed by atoms with Gasteiger partial charge in [-0.3, -0.25) is 4.98 Å². The van der Waals surface area contributed by atoms with E-state index in [1.807, 2.05) is 18.5 Å². The summed E-state index contributed by atoms with van der Waals surface area (Å²) < 4.78 is 0. The van der Waals surface area contributed by atoms with Crippen molar-refractivity contribution >= 4 is 0 Å². The highest BCUT2D eigenvalue weighted by atomic mass is 15.1. The van der Waals surface area contributed by atoms with Crippen LogP contribution >= 0.6 is 0 Å². The highest BCUT2D eigenvalue weighted by Gasteiger charge is 2.19. The van der Waals surface area contributed by atoms with Crippen LogP contribution in [-0.2, 0) is 0 Å². The second-order valence-corrected chi connectivity index (χ2v) is 4.88. The first kappa shape index (κ1) is 12.5. The molecule has 0 unspecified atom stereocenters. The van der Waals surface area contributed by atoms with Crippen LogP contribution in [-0.4, -0.2) is 35.6 Å². The zero-order valence-electron chi connectivity index (χ0n) is 10.9. The fourth-order valence-electron chi connectivity index (χ4n) is 2.50. The Labute approximate surface area is 104 Å². The first-order valence-corrected chi connectivity index (χ1v) is 6.68. The summed E-state index contributed by atoms with van der Waals surface area (Å²) in [4.78, 5) is 6.70. The molecule has 0 spiro atoms. The van der Waals surface area contributed by atoms with E-state index < -0.39 is 0 Å². The van der Waals surface area contributed by atoms with Gasteiger partial charge in [-0.2, -0.15) is 0 Å². The maximum atomic E-state index is 4.18. The van der Waals surface area contributed by atoms with Crippen molar-refractivity contribution in [3.05, 3.63) is 30.1 Å². The minimum absolute atomic E-state index is 0.405. The van der Waals surface area contributed by atoms with Crippen LogP contribution in [0.25, 0.3) is 0 Å². The minimum atomic E-state index is 0.405. The number of piperidine rings is 1. The third-order valence-corrected chi connectivity index (χ3v) is 3.70. The Morgan fingerprint density at radius 2 is 2.24 bits per heavy atom. The van der Waals surface area contributed by atoms with E-state index in [2.05, 4.69) is 35.1 Å². The summed E-state index contributed by atoms with van der Waals surface area (Å²) in [7, 11) is 0. The molecule has 1 aromatic heterocycles. The Hall–Kier alpha value is -0.930. The second kappa shape index (κ2) is 6.12. The molecule has 0 aromatic carbocycles. The van der Waals surface area contributed by atoms with Crippen LogP contribution in [0.3, 0.4) is 0 Å². The van der Waals surface area contributed by atoms with Gasteiger partial charge in [0.25, 0.3) is 0 Å². The summed E-state index contributed by atoms with van der Waals surface area (Å²) in [6, 6.07) is 5.22. The van der Waals surface area contributed by atoms with E-state index in [0.717, 1.165) is 0 Å². The Morgan fingerprint density at radius 3 is 2.82 bits per heavy atom. The molecule has 1 aromatic rings. The van der Waals surface area contributed by atoms with Gasteiger partial charge in [-0.05, 0) is 51.0 Å². The number of hydrogen-bond donors (Lipinski definition) is 1. The van der Waals surface area contributed by atoms with Crippen LogP contribution in [0.1, 0.15) is 38.3 Å². The first-order valence-electron chi connectivity index (χ1n) is 6.68. The van der Waals surface area contributed by atoms with E-state index in [9.17, 15) is 0 Å². The van der Waals surface area contributed by atoms with Gasteiger partial charge in [0.1, 0.15) is 0 Å². The molecular weight excluding hydrogens is 210 g/mol. The Bertz CT molecular complexity index is 317. The Kier molecular flexibility index (Phi) is 4.51. The van der Waals surface area contributed by atoms with Crippen LogP contribution < -0.4 is 5.32 Å². The first-order chi connectivity index (χ1) is 8.29. The SMILES string of the molecule is CCN1CCC(N[C@@H](C)c2cccnc2)CC1. The quantitative estimate of drug-likeness (QED) is 0.864. The molecule has 3 heteroatoms. The van der Waals surface area contributed by atoms with Crippen molar-refractivity contribution in [2.24, 2.45) is 0 Å². The molecule has 0 bridgehead atoms. The molecule has 2 heterocycles. The van der Waals surface area contributed by atoms with Gasteiger partial charge in [0.05, 0.1) is 0 Å². The van der Waals surface area contributed by atoms with E-state index >= 15 is 0 Å². The minimum Gasteiger partial charge on any atom is -0.307 e. The molecule has 0 saturated carbocycles. The third-order valence-electron chi connectivity index (χ3n) is 3.70. The molecule has 17 heavy (non-hydrogen) atoms. The Balaban J connectivity index is 1.82. The number of likely N-dealkylation sites (tertiary alicyclic amines) is 1. The maximum absolute atomic E-state index is 4.18. The molecule has 1 saturated heterocycles. The average molecular weight is 233 g/mol. The summed E-state index contributed by atoms with van der Waals surface area (Å²) in [5, 5.41) is 3.71. The normalized spacial score (nSPS) is 20.4. The molecule has 1 aliphatic heterocycles. The van der Waals surface area contributed by atoms with Gasteiger partial charge >= 0.3 is 0 Å². The predicted octanol–water partition coefficient (Wildman–Crippen LogP) is 2.22. The zero-order chi connectivity index (χ0) is 12.1. The smallest absolute Gasteiger partial charge is 0.0315 e. The molecule has 1 fully saturated rings. The predicted molar refractivity (Wildman–Crippen MR) is 70.9 cm³/mol. The van der Waals surface area contributed by atoms with E-state index in [-0.39, 0.29) is 0 Å². The Morgan fingerprint density at radius 1 is 1.47 bits per heavy atom. The summed E-state index contributed by atoms with van der Waals surface area (Å²) in [6.07, 6.45) is 6.31. The molecule has 1 N–H and O–H groups in total. The van der Waals surface area contributed by atoms with Crippen LogP contribution in [0, 0.1) is 0 Å². The summed E-state index contributed by atoms with van der Waals surface area (Å²) in [6.45, 7) is 8.11. The number of nitrogens with one attached hydrogen (secondary N) is 1. The maximum Gasteiger partial charge on any atom is 0.0315 e. The van der Waals surface area contributed by atoms with Crippen molar-refractivity contribution in [2.45, 2.75) is 38.8 Å². The zero-order valence-corrected chi connectivity index (χ0v) is 10.9. The van der Waals surface area contributed by atoms with Gasteiger partial charge in [0, 0.05) is 24.5 Å². The molecule has 1 atom stereocenters. The van der Waals surface area contributed by atoms with E-state index in [1.54, 1.807) is 0 Å². The van der Waals surface area contributed by atoms with E-state index in [1.165, 1.54) is 38.0 Å². The van der Waals surface area contributed by atoms with Crippen molar-refractivity contribution in [1.29, 1.82) is 0 Å². The highest BCUT2D eigenvalue weighted by Crippen LogP contribution is 2.16. The lowest BCUT2D eigenvalue weighted by Gasteiger charge is -2.33. The lowest BCUT2D eigenvalue weighted by atomic mass is 10.0. The number of pyridine rings is 1. The lowest BCUT2D eigenvalue weighted by molar-refractivity contribution is 0.200. The van der Waals surface area contributed by atoms with E-state index in [4.69, 9.17) is 0 Å². The fraction of sp³-hybridized carbons (Fsp3) is 0.643. The lowest BCUT2D eigenvalue weighted by Crippen LogP contribution is -2.43. The summed E-state index contributed by atoms with van der Waals surface area (Å²) in [5.41, 5.74) is 1.28. The van der Waals surface area contributed by atoms with Gasteiger partial charge in [0.2, 0.25) is 0 Å². The molecule has 0 radical (unpaired) electrons. The number of hydrogen-bond acceptors (Lipinski definition) is 3. The van der Waals surface area contributed by atoms with E-state index in [0.29, 0.717) is 12.1 Å². The number of aromatic nitrogens is 1. The topological polar surface area (TPSA) is 28.2 Å². The van der Waals surface area contributed by atoms with Gasteiger partial charge in [-0.1, -0.05) is 13.0 Å². The molecular formula is C14H23N3. The van der Waals surface area contributed by atoms with Crippen molar-refractivity contribution in [3.8, 4) is 0 Å². The van der Waals surface area contributed by atoms with Crippen LogP contribution in [0.2, 0.25) is 0 Å². The standard InChI is InChI=1S/C14H23N3/c1-3-17-9-6-14(7-10-17)16-12(2)13-5-4-8-15-11-13/h4-5,8,11-12,14,16H,3,6-7,9-10H2,1-2H3/t12-/m0/s1.